The number of nitrogens with one attached hydrogen (secondary N) is 1. The monoisotopic (exact) mass is 453 g/mol. The Morgan fingerprint density at radius 1 is 1.12 bits per heavy atom. The van der Waals surface area contributed by atoms with Crippen molar-refractivity contribution in [3.63, 3.8) is 0 Å². The number of nitro groups is 1. The number of amides is 2. The Hall–Kier alpha value is -3.62. The number of hydrogen-bond acceptors (Lipinski definition) is 6. The molecule has 1 fully saturated rings. The summed E-state index contributed by atoms with van der Waals surface area (Å²) in [5.41, 5.74) is 2.89. The Morgan fingerprint density at radius 2 is 1.85 bits per heavy atom. The van der Waals surface area contributed by atoms with Gasteiger partial charge in [-0.05, 0) is 43.7 Å². The molecule has 3 rings (SSSR count). The van der Waals surface area contributed by atoms with E-state index in [0.29, 0.717) is 45.0 Å². The molecule has 1 heterocycles. The molecule has 0 aromatic heterocycles. The van der Waals surface area contributed by atoms with Crippen LogP contribution in [-0.2, 0) is 4.79 Å². The molecule has 0 spiro atoms. The van der Waals surface area contributed by atoms with E-state index in [1.165, 1.54) is 18.6 Å². The van der Waals surface area contributed by atoms with Crippen molar-refractivity contribution in [3.8, 4) is 0 Å². The normalized spacial score (nSPS) is 13.5. The maximum atomic E-state index is 12.7. The minimum absolute atomic E-state index is 0.000191. The van der Waals surface area contributed by atoms with E-state index in [4.69, 9.17) is 0 Å². The van der Waals surface area contributed by atoms with E-state index in [1.54, 1.807) is 17.0 Å². The van der Waals surface area contributed by atoms with Gasteiger partial charge in [0.25, 0.3) is 11.6 Å². The molecule has 0 unspecified atom stereocenters. The van der Waals surface area contributed by atoms with Gasteiger partial charge >= 0.3 is 0 Å². The second-order valence-electron chi connectivity index (χ2n) is 8.13. The van der Waals surface area contributed by atoms with E-state index in [2.05, 4.69) is 23.2 Å². The van der Waals surface area contributed by atoms with Gasteiger partial charge in [-0.25, -0.2) is 0 Å². The molecule has 0 aliphatic carbocycles. The van der Waals surface area contributed by atoms with Gasteiger partial charge < -0.3 is 20.0 Å². The first kappa shape index (κ1) is 24.0. The Morgan fingerprint density at radius 3 is 2.45 bits per heavy atom. The molecule has 0 radical (unpaired) electrons. The molecule has 33 heavy (non-hydrogen) atoms. The van der Waals surface area contributed by atoms with Crippen molar-refractivity contribution in [1.82, 2.24) is 10.2 Å². The quantitative estimate of drug-likeness (QED) is 0.487. The number of nitro benzene ring substituents is 1. The largest absolute Gasteiger partial charge is 0.370 e. The minimum Gasteiger partial charge on any atom is -0.370 e. The summed E-state index contributed by atoms with van der Waals surface area (Å²) >= 11 is 0. The topological polar surface area (TPSA) is 99.0 Å². The number of benzene rings is 2. The maximum absolute atomic E-state index is 12.7. The third-order valence-corrected chi connectivity index (χ3v) is 5.92. The molecule has 9 heteroatoms. The molecule has 1 N–H and O–H groups in total. The molecule has 0 atom stereocenters. The van der Waals surface area contributed by atoms with Crippen LogP contribution >= 0.6 is 0 Å². The summed E-state index contributed by atoms with van der Waals surface area (Å²) in [5, 5.41) is 14.6. The Labute approximate surface area is 194 Å². The molecule has 0 saturated carbocycles. The highest BCUT2D eigenvalue weighted by molar-refractivity contribution is 5.95. The average Bonchev–Trinajstić information content (AvgIpc) is 2.81. The SMILES string of the molecule is CCN(CCNC(=O)c1ccc(N2CCN(C(C)=O)CC2)c([N+](=O)[O-])c1)c1cccc(C)c1. The molecule has 1 saturated heterocycles. The van der Waals surface area contributed by atoms with Crippen LogP contribution < -0.4 is 15.1 Å². The van der Waals surface area contributed by atoms with Crippen LogP contribution in [0.25, 0.3) is 0 Å². The third kappa shape index (κ3) is 6.00. The van der Waals surface area contributed by atoms with Crippen molar-refractivity contribution < 1.29 is 14.5 Å². The van der Waals surface area contributed by atoms with E-state index in [0.717, 1.165) is 12.2 Å². The van der Waals surface area contributed by atoms with Crippen LogP contribution in [0.15, 0.2) is 42.5 Å². The fourth-order valence-corrected chi connectivity index (χ4v) is 4.04. The number of carbonyl (C=O) groups excluding carboxylic acids is 2. The lowest BCUT2D eigenvalue weighted by molar-refractivity contribution is -0.384. The highest BCUT2D eigenvalue weighted by Gasteiger charge is 2.25. The summed E-state index contributed by atoms with van der Waals surface area (Å²) in [5.74, 6) is -0.341. The Bertz CT molecular complexity index is 1020. The highest BCUT2D eigenvalue weighted by Crippen LogP contribution is 2.30. The first-order chi connectivity index (χ1) is 15.8. The Kier molecular flexibility index (Phi) is 7.87. The zero-order chi connectivity index (χ0) is 24.0. The summed E-state index contributed by atoms with van der Waals surface area (Å²) in [6.45, 7) is 9.53. The van der Waals surface area contributed by atoms with Crippen molar-refractivity contribution in [2.45, 2.75) is 20.8 Å². The average molecular weight is 454 g/mol. The Balaban J connectivity index is 1.64. The van der Waals surface area contributed by atoms with Crippen LogP contribution in [0.4, 0.5) is 17.1 Å². The van der Waals surface area contributed by atoms with E-state index >= 15 is 0 Å². The van der Waals surface area contributed by atoms with Crippen molar-refractivity contribution in [2.24, 2.45) is 0 Å². The fourth-order valence-electron chi connectivity index (χ4n) is 4.04. The van der Waals surface area contributed by atoms with Gasteiger partial charge in [-0.15, -0.1) is 0 Å². The fraction of sp³-hybridized carbons (Fsp3) is 0.417. The number of hydrogen-bond donors (Lipinski definition) is 1. The number of likely N-dealkylation sites (N-methyl/N-ethyl adjacent to an activating group) is 1. The number of rotatable bonds is 8. The van der Waals surface area contributed by atoms with Gasteiger partial charge in [0.1, 0.15) is 5.69 Å². The van der Waals surface area contributed by atoms with E-state index < -0.39 is 4.92 Å². The van der Waals surface area contributed by atoms with Crippen molar-refractivity contribution in [3.05, 3.63) is 63.7 Å². The van der Waals surface area contributed by atoms with Gasteiger partial charge in [0, 0.05) is 70.1 Å². The highest BCUT2D eigenvalue weighted by atomic mass is 16.6. The number of piperazine rings is 1. The molecule has 0 bridgehead atoms. The molecule has 176 valence electrons. The van der Waals surface area contributed by atoms with Gasteiger partial charge in [0.15, 0.2) is 0 Å². The molecule has 2 aromatic rings. The first-order valence-corrected chi connectivity index (χ1v) is 11.2. The zero-order valence-electron chi connectivity index (χ0n) is 19.4. The van der Waals surface area contributed by atoms with Gasteiger partial charge in [-0.2, -0.15) is 0 Å². The first-order valence-electron chi connectivity index (χ1n) is 11.2. The lowest BCUT2D eigenvalue weighted by Crippen LogP contribution is -2.48. The molecule has 1 aliphatic heterocycles. The van der Waals surface area contributed by atoms with Gasteiger partial charge in [-0.1, -0.05) is 12.1 Å². The van der Waals surface area contributed by atoms with Crippen molar-refractivity contribution in [2.75, 3.05) is 55.6 Å². The van der Waals surface area contributed by atoms with Gasteiger partial charge in [0.2, 0.25) is 5.91 Å². The summed E-state index contributed by atoms with van der Waals surface area (Å²) < 4.78 is 0. The number of anilines is 2. The standard InChI is InChI=1S/C24H31N5O4/c1-4-26(21-7-5-6-18(2)16-21)11-10-25-24(31)20-8-9-22(23(17-20)29(32)33)28-14-12-27(13-15-28)19(3)30/h5-9,16-17H,4,10-15H2,1-3H3,(H,25,31). The maximum Gasteiger partial charge on any atom is 0.293 e. The van der Waals surface area contributed by atoms with Crippen molar-refractivity contribution >= 4 is 28.9 Å². The second-order valence-corrected chi connectivity index (χ2v) is 8.13. The van der Waals surface area contributed by atoms with E-state index in [-0.39, 0.29) is 23.1 Å². The van der Waals surface area contributed by atoms with E-state index in [1.807, 2.05) is 30.0 Å². The summed E-state index contributed by atoms with van der Waals surface area (Å²) in [6.07, 6.45) is 0. The summed E-state index contributed by atoms with van der Waals surface area (Å²) in [6, 6.07) is 12.8. The summed E-state index contributed by atoms with van der Waals surface area (Å²) in [4.78, 5) is 41.2. The number of nitrogens with zero attached hydrogens (tertiary/aromatic N) is 4. The van der Waals surface area contributed by atoms with E-state index in [9.17, 15) is 19.7 Å². The smallest absolute Gasteiger partial charge is 0.293 e. The second kappa shape index (κ2) is 10.8. The predicted octanol–water partition coefficient (Wildman–Crippen LogP) is 2.83. The molecular formula is C24H31N5O4. The van der Waals surface area contributed by atoms with Crippen LogP contribution in [0.1, 0.15) is 29.8 Å². The predicted molar refractivity (Wildman–Crippen MR) is 129 cm³/mol. The molecule has 1 aliphatic rings. The molecule has 9 nitrogen and oxygen atoms in total. The van der Waals surface area contributed by atoms with Crippen LogP contribution in [0.5, 0.6) is 0 Å². The van der Waals surface area contributed by atoms with Crippen LogP contribution in [-0.4, -0.2) is 67.5 Å². The minimum atomic E-state index is -0.458. The number of aryl methyl sites for hydroxylation is 1. The zero-order valence-corrected chi connectivity index (χ0v) is 19.4. The van der Waals surface area contributed by atoms with Crippen LogP contribution in [0, 0.1) is 17.0 Å². The third-order valence-electron chi connectivity index (χ3n) is 5.92. The van der Waals surface area contributed by atoms with Crippen LogP contribution in [0.3, 0.4) is 0 Å². The van der Waals surface area contributed by atoms with Crippen LogP contribution in [0.2, 0.25) is 0 Å². The van der Waals surface area contributed by atoms with Gasteiger partial charge in [-0.3, -0.25) is 19.7 Å². The molecule has 2 aromatic carbocycles. The van der Waals surface area contributed by atoms with Crippen molar-refractivity contribution in [1.29, 1.82) is 0 Å². The lowest BCUT2D eigenvalue weighted by atomic mass is 10.1. The number of carbonyl (C=O) groups is 2. The summed E-state index contributed by atoms with van der Waals surface area (Å²) in [7, 11) is 0. The molecule has 2 amide bonds. The van der Waals surface area contributed by atoms with Gasteiger partial charge in [0.05, 0.1) is 4.92 Å². The molecular weight excluding hydrogens is 422 g/mol. The lowest BCUT2D eigenvalue weighted by Gasteiger charge is -2.35.